The summed E-state index contributed by atoms with van der Waals surface area (Å²) in [6, 6.07) is 6.55. The van der Waals surface area contributed by atoms with E-state index in [0.29, 0.717) is 23.4 Å². The van der Waals surface area contributed by atoms with Crippen LogP contribution in [0.15, 0.2) is 49.1 Å². The number of aromatic nitrogens is 2. The first-order valence-corrected chi connectivity index (χ1v) is 10.0. The molecule has 2 aromatic heterocycles. The van der Waals surface area contributed by atoms with Crippen molar-refractivity contribution < 1.29 is 27.8 Å². The zero-order valence-electron chi connectivity index (χ0n) is 15.9. The lowest BCUT2D eigenvalue weighted by atomic mass is 9.88. The number of hydrogen-bond donors (Lipinski definition) is 2. The van der Waals surface area contributed by atoms with Crippen molar-refractivity contribution in [3.05, 3.63) is 65.2 Å². The number of fused-ring (bicyclic) bond motifs is 2. The van der Waals surface area contributed by atoms with Gasteiger partial charge >= 0.3 is 6.36 Å². The lowest BCUT2D eigenvalue weighted by molar-refractivity contribution is -0.274. The molecule has 1 aromatic carbocycles. The van der Waals surface area contributed by atoms with Crippen molar-refractivity contribution in [2.24, 2.45) is 11.8 Å². The van der Waals surface area contributed by atoms with Crippen LogP contribution in [-0.2, 0) is 5.60 Å². The van der Waals surface area contributed by atoms with Crippen molar-refractivity contribution >= 4 is 23.0 Å². The van der Waals surface area contributed by atoms with Crippen molar-refractivity contribution in [3.63, 3.8) is 0 Å². The van der Waals surface area contributed by atoms with Gasteiger partial charge in [-0.15, -0.1) is 13.2 Å². The van der Waals surface area contributed by atoms with Gasteiger partial charge < -0.3 is 19.6 Å². The molecule has 2 N–H and O–H groups in total. The van der Waals surface area contributed by atoms with Gasteiger partial charge in [0.25, 0.3) is 5.91 Å². The Morgan fingerprint density at radius 2 is 2.03 bits per heavy atom. The Morgan fingerprint density at radius 3 is 2.74 bits per heavy atom. The van der Waals surface area contributed by atoms with Crippen LogP contribution in [0.2, 0.25) is 5.02 Å². The maximum Gasteiger partial charge on any atom is 0.573 e. The van der Waals surface area contributed by atoms with Gasteiger partial charge in [0.15, 0.2) is 0 Å². The zero-order chi connectivity index (χ0) is 22.0. The van der Waals surface area contributed by atoms with E-state index in [2.05, 4.69) is 15.0 Å². The summed E-state index contributed by atoms with van der Waals surface area (Å²) in [5, 5.41) is 14.6. The molecule has 10 heteroatoms. The number of carbonyl (C=O) groups is 1. The van der Waals surface area contributed by atoms with E-state index in [-0.39, 0.29) is 23.4 Å². The van der Waals surface area contributed by atoms with E-state index < -0.39 is 23.6 Å². The van der Waals surface area contributed by atoms with E-state index in [1.165, 1.54) is 12.1 Å². The lowest BCUT2D eigenvalue weighted by Crippen LogP contribution is -2.33. The first-order valence-electron chi connectivity index (χ1n) is 9.64. The van der Waals surface area contributed by atoms with E-state index in [9.17, 15) is 23.1 Å². The molecule has 0 spiro atoms. The first-order chi connectivity index (χ1) is 14.6. The second-order valence-corrected chi connectivity index (χ2v) is 8.54. The van der Waals surface area contributed by atoms with Gasteiger partial charge in [-0.25, -0.2) is 4.98 Å². The smallest absolute Gasteiger partial charge is 0.406 e. The molecule has 0 aliphatic heterocycles. The molecule has 2 aliphatic carbocycles. The number of nitrogens with one attached hydrogen (secondary N) is 1. The molecular weight excluding hydrogens is 435 g/mol. The summed E-state index contributed by atoms with van der Waals surface area (Å²) in [6.07, 6.45) is 1.06. The number of rotatable bonds is 4. The monoisotopic (exact) mass is 451 g/mol. The quantitative estimate of drug-likeness (QED) is 0.630. The van der Waals surface area contributed by atoms with Crippen LogP contribution >= 0.6 is 11.6 Å². The summed E-state index contributed by atoms with van der Waals surface area (Å²) < 4.78 is 42.8. The number of hydrogen-bond acceptors (Lipinski definition) is 4. The minimum atomic E-state index is -4.83. The number of halogens is 4. The van der Waals surface area contributed by atoms with Gasteiger partial charge in [-0.05, 0) is 48.9 Å². The van der Waals surface area contributed by atoms with Crippen molar-refractivity contribution in [2.75, 3.05) is 0 Å². The fraction of sp³-hybridized carbons (Fsp3) is 0.333. The standard InChI is InChI=1S/C21H17ClF3N3O3/c22-12-5-16(17-8-26-10-28(17)9-12)20(30)6-14-15(7-20)18(14)27-19(29)11-2-1-3-13(4-11)31-21(23,24)25/h1-5,8-10,14-15,18,30H,6-7H2,(H,27,29)/t14-,15+,18+,20-. The summed E-state index contributed by atoms with van der Waals surface area (Å²) in [6.45, 7) is 0. The van der Waals surface area contributed by atoms with Gasteiger partial charge in [-0.3, -0.25) is 4.79 Å². The second-order valence-electron chi connectivity index (χ2n) is 8.10. The molecule has 0 unspecified atom stereocenters. The molecular formula is C21H17ClF3N3O3. The van der Waals surface area contributed by atoms with Crippen molar-refractivity contribution in [1.82, 2.24) is 14.7 Å². The highest BCUT2D eigenvalue weighted by molar-refractivity contribution is 6.30. The Labute approximate surface area is 179 Å². The molecule has 2 heterocycles. The largest absolute Gasteiger partial charge is 0.573 e. The number of amides is 1. The van der Waals surface area contributed by atoms with Crippen LogP contribution in [0.4, 0.5) is 13.2 Å². The average Bonchev–Trinajstić information content (AvgIpc) is 3.04. The van der Waals surface area contributed by atoms with E-state index in [1.807, 2.05) is 0 Å². The molecule has 0 saturated heterocycles. The summed E-state index contributed by atoms with van der Waals surface area (Å²) in [5.41, 5.74) is 0.475. The van der Waals surface area contributed by atoms with Crippen molar-refractivity contribution in [3.8, 4) is 5.75 Å². The van der Waals surface area contributed by atoms with E-state index in [0.717, 1.165) is 17.6 Å². The van der Waals surface area contributed by atoms with Crippen molar-refractivity contribution in [1.29, 1.82) is 0 Å². The predicted molar refractivity (Wildman–Crippen MR) is 105 cm³/mol. The summed E-state index contributed by atoms with van der Waals surface area (Å²) in [5.74, 6) is -0.774. The molecule has 6 nitrogen and oxygen atoms in total. The van der Waals surface area contributed by atoms with Gasteiger partial charge in [-0.2, -0.15) is 0 Å². The molecule has 0 bridgehead atoms. The number of alkyl halides is 3. The maximum atomic E-state index is 12.5. The molecule has 2 fully saturated rings. The molecule has 2 aliphatic rings. The molecule has 4 atom stereocenters. The van der Waals surface area contributed by atoms with Crippen LogP contribution in [0, 0.1) is 11.8 Å². The fourth-order valence-corrected chi connectivity index (χ4v) is 4.95. The van der Waals surface area contributed by atoms with Gasteiger partial charge in [0.1, 0.15) is 5.75 Å². The average molecular weight is 452 g/mol. The third kappa shape index (κ3) is 3.72. The van der Waals surface area contributed by atoms with Gasteiger partial charge in [-0.1, -0.05) is 17.7 Å². The topological polar surface area (TPSA) is 75.9 Å². The van der Waals surface area contributed by atoms with E-state index in [1.54, 1.807) is 29.2 Å². The summed E-state index contributed by atoms with van der Waals surface area (Å²) >= 11 is 6.19. The fourth-order valence-electron chi connectivity index (χ4n) is 4.74. The SMILES string of the molecule is O=C(N[C@H]1[C@@H]2C[C@](O)(c3cc(Cl)cn4cncc34)C[C@@H]21)c1cccc(OC(F)(F)F)c1. The van der Waals surface area contributed by atoms with E-state index >= 15 is 0 Å². The number of ether oxygens (including phenoxy) is 1. The molecule has 162 valence electrons. The Bertz CT molecular complexity index is 1170. The Kier molecular flexibility index (Phi) is 4.46. The minimum absolute atomic E-state index is 0.0745. The normalized spacial score (nSPS) is 27.2. The number of imidazole rings is 1. The van der Waals surface area contributed by atoms with Crippen LogP contribution in [0.3, 0.4) is 0 Å². The Morgan fingerprint density at radius 1 is 1.29 bits per heavy atom. The minimum Gasteiger partial charge on any atom is -0.406 e. The van der Waals surface area contributed by atoms with Crippen LogP contribution in [0.25, 0.3) is 5.52 Å². The number of aliphatic hydroxyl groups is 1. The molecule has 0 radical (unpaired) electrons. The van der Waals surface area contributed by atoms with Crippen molar-refractivity contribution in [2.45, 2.75) is 30.8 Å². The second kappa shape index (κ2) is 6.86. The van der Waals surface area contributed by atoms with Crippen LogP contribution in [-0.4, -0.2) is 32.8 Å². The zero-order valence-corrected chi connectivity index (χ0v) is 16.7. The summed E-state index contributed by atoms with van der Waals surface area (Å²) in [7, 11) is 0. The first kappa shape index (κ1) is 20.1. The molecule has 2 saturated carbocycles. The molecule has 3 aromatic rings. The van der Waals surface area contributed by atoms with Gasteiger partial charge in [0.05, 0.1) is 28.7 Å². The molecule has 5 rings (SSSR count). The number of pyridine rings is 1. The number of nitrogens with zero attached hydrogens (tertiary/aromatic N) is 2. The predicted octanol–water partition coefficient (Wildman–Crippen LogP) is 3.91. The lowest BCUT2D eigenvalue weighted by Gasteiger charge is -2.27. The maximum absolute atomic E-state index is 12.5. The molecule has 1 amide bonds. The van der Waals surface area contributed by atoms with Crippen LogP contribution in [0.1, 0.15) is 28.8 Å². The third-order valence-corrected chi connectivity index (χ3v) is 6.30. The Hall–Kier alpha value is -2.78. The third-order valence-electron chi connectivity index (χ3n) is 6.09. The number of carbonyl (C=O) groups excluding carboxylic acids is 1. The van der Waals surface area contributed by atoms with E-state index in [4.69, 9.17) is 11.6 Å². The highest BCUT2D eigenvalue weighted by Crippen LogP contribution is 2.60. The van der Waals surface area contributed by atoms with Gasteiger partial charge in [0.2, 0.25) is 0 Å². The van der Waals surface area contributed by atoms with Crippen LogP contribution < -0.4 is 10.1 Å². The van der Waals surface area contributed by atoms with Crippen LogP contribution in [0.5, 0.6) is 5.75 Å². The highest BCUT2D eigenvalue weighted by atomic mass is 35.5. The van der Waals surface area contributed by atoms with Gasteiger partial charge in [0, 0.05) is 23.4 Å². The Balaban J connectivity index is 1.27. The highest BCUT2D eigenvalue weighted by Gasteiger charge is 2.62. The number of benzene rings is 1. The summed E-state index contributed by atoms with van der Waals surface area (Å²) in [4.78, 5) is 16.6. The molecule has 31 heavy (non-hydrogen) atoms.